The summed E-state index contributed by atoms with van der Waals surface area (Å²) < 4.78 is 32.1. The van der Waals surface area contributed by atoms with Crippen LogP contribution in [0.2, 0.25) is 5.02 Å². The van der Waals surface area contributed by atoms with Crippen LogP contribution in [0.3, 0.4) is 0 Å². The van der Waals surface area contributed by atoms with Crippen LogP contribution in [0.25, 0.3) is 0 Å². The molecule has 0 aliphatic carbocycles. The summed E-state index contributed by atoms with van der Waals surface area (Å²) in [7, 11) is -3.32. The predicted molar refractivity (Wildman–Crippen MR) is 115 cm³/mol. The highest BCUT2D eigenvalue weighted by atomic mass is 35.5. The van der Waals surface area contributed by atoms with E-state index in [-0.39, 0.29) is 18.2 Å². The number of nitrogens with zero attached hydrogens (tertiary/aromatic N) is 1. The number of para-hydroxylation sites is 1. The van der Waals surface area contributed by atoms with Gasteiger partial charge in [0.05, 0.1) is 17.4 Å². The first-order chi connectivity index (χ1) is 13.9. The van der Waals surface area contributed by atoms with E-state index in [1.165, 1.54) is 4.31 Å². The van der Waals surface area contributed by atoms with Crippen molar-refractivity contribution in [2.45, 2.75) is 26.2 Å². The van der Waals surface area contributed by atoms with E-state index in [9.17, 15) is 13.2 Å². The van der Waals surface area contributed by atoms with Crippen molar-refractivity contribution in [1.82, 2.24) is 4.31 Å². The standard InChI is InChI=1S/C21H25ClN2O4S/c1-2-13-29(26,27)24-12-6-7-16(15-24)21(25)23-19-14-17(22)10-11-20(19)28-18-8-4-3-5-9-18/h3-5,8-11,14,16H,2,6-7,12-13,15H2,1H3,(H,23,25). The Morgan fingerprint density at radius 1 is 1.24 bits per heavy atom. The van der Waals surface area contributed by atoms with Crippen molar-refractivity contribution in [3.63, 3.8) is 0 Å². The lowest BCUT2D eigenvalue weighted by Crippen LogP contribution is -2.44. The van der Waals surface area contributed by atoms with E-state index in [0.717, 1.165) is 0 Å². The van der Waals surface area contributed by atoms with Crippen LogP contribution in [0.5, 0.6) is 11.5 Å². The highest BCUT2D eigenvalue weighted by Crippen LogP contribution is 2.33. The fraction of sp³-hybridized carbons (Fsp3) is 0.381. The molecule has 156 valence electrons. The Hall–Kier alpha value is -2.09. The molecular formula is C21H25ClN2O4S. The molecule has 8 heteroatoms. The van der Waals surface area contributed by atoms with Crippen molar-refractivity contribution in [1.29, 1.82) is 0 Å². The van der Waals surface area contributed by atoms with E-state index >= 15 is 0 Å². The number of ether oxygens (including phenoxy) is 1. The summed E-state index contributed by atoms with van der Waals surface area (Å²) in [5, 5.41) is 3.34. The molecule has 29 heavy (non-hydrogen) atoms. The second kappa shape index (κ2) is 9.61. The van der Waals surface area contributed by atoms with Gasteiger partial charge >= 0.3 is 0 Å². The van der Waals surface area contributed by atoms with Gasteiger partial charge in [0.2, 0.25) is 15.9 Å². The van der Waals surface area contributed by atoms with Crippen LogP contribution in [0, 0.1) is 5.92 Å². The van der Waals surface area contributed by atoms with E-state index in [1.54, 1.807) is 18.2 Å². The van der Waals surface area contributed by atoms with Crippen LogP contribution in [0.4, 0.5) is 5.69 Å². The van der Waals surface area contributed by atoms with Gasteiger partial charge < -0.3 is 10.1 Å². The molecule has 0 spiro atoms. The van der Waals surface area contributed by atoms with Crippen LogP contribution >= 0.6 is 11.6 Å². The zero-order valence-electron chi connectivity index (χ0n) is 16.3. The highest BCUT2D eigenvalue weighted by Gasteiger charge is 2.32. The molecule has 1 heterocycles. The van der Waals surface area contributed by atoms with Crippen molar-refractivity contribution >= 4 is 33.2 Å². The number of hydrogen-bond donors (Lipinski definition) is 1. The lowest BCUT2D eigenvalue weighted by Gasteiger charge is -2.31. The molecule has 0 saturated carbocycles. The third kappa shape index (κ3) is 5.72. The molecule has 0 radical (unpaired) electrons. The summed E-state index contributed by atoms with van der Waals surface area (Å²) in [4.78, 5) is 12.9. The molecular weight excluding hydrogens is 412 g/mol. The third-order valence-corrected chi connectivity index (χ3v) is 7.06. The van der Waals surface area contributed by atoms with Gasteiger partial charge in [-0.25, -0.2) is 12.7 Å². The average Bonchev–Trinajstić information content (AvgIpc) is 2.71. The van der Waals surface area contributed by atoms with E-state index < -0.39 is 15.9 Å². The number of rotatable bonds is 7. The molecule has 2 aromatic rings. The first kappa shape index (κ1) is 21.6. The van der Waals surface area contributed by atoms with Gasteiger partial charge in [-0.2, -0.15) is 0 Å². The Morgan fingerprint density at radius 3 is 2.72 bits per heavy atom. The summed E-state index contributed by atoms with van der Waals surface area (Å²) in [6.07, 6.45) is 1.85. The van der Waals surface area contributed by atoms with Gasteiger partial charge in [0.15, 0.2) is 5.75 Å². The SMILES string of the molecule is CCCS(=O)(=O)N1CCCC(C(=O)Nc2cc(Cl)ccc2Oc2ccccc2)C1. The molecule has 3 rings (SSSR count). The molecule has 1 amide bonds. The zero-order valence-corrected chi connectivity index (χ0v) is 17.9. The van der Waals surface area contributed by atoms with Gasteiger partial charge in [0.25, 0.3) is 0 Å². The summed E-state index contributed by atoms with van der Waals surface area (Å²) in [6, 6.07) is 14.3. The predicted octanol–water partition coefficient (Wildman–Crippen LogP) is 4.52. The Morgan fingerprint density at radius 2 is 2.00 bits per heavy atom. The topological polar surface area (TPSA) is 75.7 Å². The van der Waals surface area contributed by atoms with E-state index in [2.05, 4.69) is 5.32 Å². The van der Waals surface area contributed by atoms with Gasteiger partial charge in [-0.05, 0) is 49.6 Å². The second-order valence-corrected chi connectivity index (χ2v) is 9.58. The van der Waals surface area contributed by atoms with Crippen molar-refractivity contribution in [3.8, 4) is 11.5 Å². The normalized spacial score (nSPS) is 17.7. The Kier molecular flexibility index (Phi) is 7.16. The largest absolute Gasteiger partial charge is 0.455 e. The number of anilines is 1. The molecule has 1 N–H and O–H groups in total. The van der Waals surface area contributed by atoms with E-state index in [0.29, 0.717) is 48.0 Å². The van der Waals surface area contributed by atoms with Crippen LogP contribution in [0.1, 0.15) is 26.2 Å². The van der Waals surface area contributed by atoms with Gasteiger partial charge in [-0.15, -0.1) is 0 Å². The zero-order chi connectivity index (χ0) is 20.9. The van der Waals surface area contributed by atoms with Crippen LogP contribution < -0.4 is 10.1 Å². The third-order valence-electron chi connectivity index (χ3n) is 4.78. The molecule has 1 unspecified atom stereocenters. The number of halogens is 1. The summed E-state index contributed by atoms with van der Waals surface area (Å²) in [6.45, 7) is 2.49. The Bertz CT molecular complexity index is 950. The van der Waals surface area contributed by atoms with Crippen molar-refractivity contribution in [2.24, 2.45) is 5.92 Å². The monoisotopic (exact) mass is 436 g/mol. The number of carbonyl (C=O) groups is 1. The lowest BCUT2D eigenvalue weighted by atomic mass is 9.98. The van der Waals surface area contributed by atoms with Crippen molar-refractivity contribution in [3.05, 3.63) is 53.6 Å². The summed E-state index contributed by atoms with van der Waals surface area (Å²) in [5.41, 5.74) is 0.458. The fourth-order valence-electron chi connectivity index (χ4n) is 3.34. The first-order valence-electron chi connectivity index (χ1n) is 9.70. The number of hydrogen-bond acceptors (Lipinski definition) is 4. The number of amides is 1. The second-order valence-electron chi connectivity index (χ2n) is 7.06. The van der Waals surface area contributed by atoms with Crippen LogP contribution in [-0.2, 0) is 14.8 Å². The van der Waals surface area contributed by atoms with Gasteiger partial charge in [-0.3, -0.25) is 4.79 Å². The smallest absolute Gasteiger partial charge is 0.228 e. The average molecular weight is 437 g/mol. The number of benzene rings is 2. The minimum atomic E-state index is -3.32. The highest BCUT2D eigenvalue weighted by molar-refractivity contribution is 7.89. The van der Waals surface area contributed by atoms with Crippen molar-refractivity contribution < 1.29 is 17.9 Å². The fourth-order valence-corrected chi connectivity index (χ4v) is 5.10. The molecule has 1 fully saturated rings. The van der Waals surface area contributed by atoms with Gasteiger partial charge in [0.1, 0.15) is 5.75 Å². The lowest BCUT2D eigenvalue weighted by molar-refractivity contribution is -0.120. The first-order valence-corrected chi connectivity index (χ1v) is 11.7. The van der Waals surface area contributed by atoms with Gasteiger partial charge in [-0.1, -0.05) is 36.7 Å². The number of piperidine rings is 1. The number of sulfonamides is 1. The molecule has 1 saturated heterocycles. The van der Waals surface area contributed by atoms with Crippen molar-refractivity contribution in [2.75, 3.05) is 24.2 Å². The Labute approximate surface area is 176 Å². The molecule has 0 aromatic heterocycles. The quantitative estimate of drug-likeness (QED) is 0.692. The Balaban J connectivity index is 1.74. The maximum Gasteiger partial charge on any atom is 0.228 e. The molecule has 2 aromatic carbocycles. The molecule has 0 bridgehead atoms. The minimum Gasteiger partial charge on any atom is -0.455 e. The molecule has 1 atom stereocenters. The number of nitrogens with one attached hydrogen (secondary N) is 1. The van der Waals surface area contributed by atoms with Crippen LogP contribution in [0.15, 0.2) is 48.5 Å². The molecule has 1 aliphatic rings. The van der Waals surface area contributed by atoms with E-state index in [4.69, 9.17) is 16.3 Å². The van der Waals surface area contributed by atoms with E-state index in [1.807, 2.05) is 37.3 Å². The maximum atomic E-state index is 12.9. The summed E-state index contributed by atoms with van der Waals surface area (Å²) in [5.74, 6) is 0.561. The summed E-state index contributed by atoms with van der Waals surface area (Å²) >= 11 is 6.11. The van der Waals surface area contributed by atoms with Crippen LogP contribution in [-0.4, -0.2) is 37.5 Å². The number of carbonyl (C=O) groups excluding carboxylic acids is 1. The molecule has 1 aliphatic heterocycles. The van der Waals surface area contributed by atoms with Gasteiger partial charge in [0, 0.05) is 18.1 Å². The maximum absolute atomic E-state index is 12.9. The minimum absolute atomic E-state index is 0.102. The molecule has 6 nitrogen and oxygen atoms in total.